The standard InChI is InChI=1S/C24H24F2N6O2/c25-24(26)8-6-17(7-9-24)27-12-16-4-5-20-29-18(15-31(20)14-16)13-28-23(34)19-11-22(33)32-10-2-1-3-21(32)30-19/h1-5,10-11,14-15,17,27H,6-9,12-13H2,(H,28,34). The van der Waals surface area contributed by atoms with E-state index >= 15 is 0 Å². The summed E-state index contributed by atoms with van der Waals surface area (Å²) in [5, 5.41) is 6.12. The van der Waals surface area contributed by atoms with Gasteiger partial charge >= 0.3 is 0 Å². The Morgan fingerprint density at radius 1 is 1.06 bits per heavy atom. The molecule has 0 bridgehead atoms. The second-order valence-electron chi connectivity index (χ2n) is 8.64. The molecule has 4 heterocycles. The van der Waals surface area contributed by atoms with Crippen LogP contribution in [0.4, 0.5) is 8.78 Å². The number of hydrogen-bond acceptors (Lipinski definition) is 5. The van der Waals surface area contributed by atoms with Crippen LogP contribution in [0.1, 0.15) is 47.4 Å². The minimum absolute atomic E-state index is 0.0498. The van der Waals surface area contributed by atoms with Gasteiger partial charge in [-0.15, -0.1) is 0 Å². The monoisotopic (exact) mass is 466 g/mol. The van der Waals surface area contributed by atoms with E-state index in [9.17, 15) is 18.4 Å². The van der Waals surface area contributed by atoms with Gasteiger partial charge in [0.25, 0.3) is 11.5 Å². The quantitative estimate of drug-likeness (QED) is 0.456. The van der Waals surface area contributed by atoms with E-state index in [1.54, 1.807) is 24.4 Å². The number of hydrogen-bond donors (Lipinski definition) is 2. The fraction of sp³-hybridized carbons (Fsp3) is 0.333. The molecule has 8 nitrogen and oxygen atoms in total. The highest BCUT2D eigenvalue weighted by Gasteiger charge is 2.34. The Kier molecular flexibility index (Phi) is 5.82. The van der Waals surface area contributed by atoms with Crippen LogP contribution in [0, 0.1) is 0 Å². The van der Waals surface area contributed by atoms with E-state index in [0.29, 0.717) is 30.7 Å². The summed E-state index contributed by atoms with van der Waals surface area (Å²) >= 11 is 0. The minimum atomic E-state index is -2.53. The molecule has 1 saturated carbocycles. The van der Waals surface area contributed by atoms with Crippen molar-refractivity contribution >= 4 is 17.2 Å². The van der Waals surface area contributed by atoms with Gasteiger partial charge in [0.2, 0.25) is 5.92 Å². The normalized spacial score (nSPS) is 16.2. The lowest BCUT2D eigenvalue weighted by atomic mass is 9.92. The lowest BCUT2D eigenvalue weighted by Crippen LogP contribution is -2.36. The molecular weight excluding hydrogens is 442 g/mol. The van der Waals surface area contributed by atoms with E-state index in [1.807, 2.05) is 28.9 Å². The van der Waals surface area contributed by atoms with E-state index in [0.717, 1.165) is 11.2 Å². The molecule has 0 aliphatic heterocycles. The molecule has 4 aromatic rings. The van der Waals surface area contributed by atoms with Gasteiger partial charge in [-0.25, -0.2) is 18.7 Å². The maximum absolute atomic E-state index is 13.3. The van der Waals surface area contributed by atoms with Crippen LogP contribution in [0.25, 0.3) is 11.3 Å². The first-order valence-corrected chi connectivity index (χ1v) is 11.2. The van der Waals surface area contributed by atoms with Crippen molar-refractivity contribution < 1.29 is 13.6 Å². The first-order valence-electron chi connectivity index (χ1n) is 11.2. The molecule has 4 aromatic heterocycles. The summed E-state index contributed by atoms with van der Waals surface area (Å²) in [5.41, 5.74) is 2.52. The number of rotatable bonds is 6. The Balaban J connectivity index is 1.21. The van der Waals surface area contributed by atoms with Crippen LogP contribution in [0.3, 0.4) is 0 Å². The molecule has 34 heavy (non-hydrogen) atoms. The Bertz CT molecular complexity index is 1400. The minimum Gasteiger partial charge on any atom is -0.345 e. The highest BCUT2D eigenvalue weighted by molar-refractivity contribution is 5.92. The number of nitrogens with zero attached hydrogens (tertiary/aromatic N) is 4. The molecule has 5 rings (SSSR count). The number of nitrogens with one attached hydrogen (secondary N) is 2. The van der Waals surface area contributed by atoms with Gasteiger partial charge in [0, 0.05) is 50.1 Å². The Labute approximate surface area is 193 Å². The number of carbonyl (C=O) groups excluding carboxylic acids is 1. The molecular formula is C24H24F2N6O2. The third kappa shape index (κ3) is 4.81. The van der Waals surface area contributed by atoms with Crippen molar-refractivity contribution in [1.82, 2.24) is 29.4 Å². The van der Waals surface area contributed by atoms with E-state index in [-0.39, 0.29) is 36.7 Å². The third-order valence-corrected chi connectivity index (χ3v) is 6.11. The number of aromatic nitrogens is 4. The van der Waals surface area contributed by atoms with Gasteiger partial charge in [-0.2, -0.15) is 0 Å². The fourth-order valence-electron chi connectivity index (χ4n) is 4.22. The average Bonchev–Trinajstić information content (AvgIpc) is 3.24. The number of carbonyl (C=O) groups is 1. The van der Waals surface area contributed by atoms with E-state index < -0.39 is 11.8 Å². The number of amides is 1. The predicted molar refractivity (Wildman–Crippen MR) is 122 cm³/mol. The second kappa shape index (κ2) is 8.94. The van der Waals surface area contributed by atoms with Gasteiger partial charge in [-0.3, -0.25) is 14.0 Å². The number of fused-ring (bicyclic) bond motifs is 2. The summed E-state index contributed by atoms with van der Waals surface area (Å²) < 4.78 is 29.9. The van der Waals surface area contributed by atoms with Gasteiger partial charge in [-0.1, -0.05) is 12.1 Å². The second-order valence-corrected chi connectivity index (χ2v) is 8.64. The van der Waals surface area contributed by atoms with Crippen molar-refractivity contribution in [3.8, 4) is 0 Å². The lowest BCUT2D eigenvalue weighted by molar-refractivity contribution is -0.0405. The first-order chi connectivity index (χ1) is 16.4. The molecule has 176 valence electrons. The highest BCUT2D eigenvalue weighted by atomic mass is 19.3. The van der Waals surface area contributed by atoms with Crippen molar-refractivity contribution in [3.63, 3.8) is 0 Å². The number of halogens is 2. The van der Waals surface area contributed by atoms with Gasteiger partial charge in [0.1, 0.15) is 17.0 Å². The summed E-state index contributed by atoms with van der Waals surface area (Å²) in [6.07, 6.45) is 6.17. The summed E-state index contributed by atoms with van der Waals surface area (Å²) in [4.78, 5) is 33.5. The van der Waals surface area contributed by atoms with Crippen LogP contribution in [0.15, 0.2) is 59.8 Å². The predicted octanol–water partition coefficient (Wildman–Crippen LogP) is 2.94. The summed E-state index contributed by atoms with van der Waals surface area (Å²) in [7, 11) is 0. The molecule has 1 aliphatic carbocycles. The van der Waals surface area contributed by atoms with Crippen molar-refractivity contribution in [3.05, 3.63) is 82.3 Å². The van der Waals surface area contributed by atoms with Gasteiger partial charge < -0.3 is 15.0 Å². The zero-order valence-electron chi connectivity index (χ0n) is 18.4. The van der Waals surface area contributed by atoms with Gasteiger partial charge in [-0.05, 0) is 36.6 Å². The van der Waals surface area contributed by atoms with Crippen molar-refractivity contribution in [2.45, 2.75) is 50.7 Å². The molecule has 0 atom stereocenters. The van der Waals surface area contributed by atoms with E-state index in [4.69, 9.17) is 0 Å². The Hall–Kier alpha value is -3.66. The Morgan fingerprint density at radius 3 is 2.71 bits per heavy atom. The number of alkyl halides is 2. The van der Waals surface area contributed by atoms with E-state index in [2.05, 4.69) is 20.6 Å². The number of imidazole rings is 1. The van der Waals surface area contributed by atoms with Crippen molar-refractivity contribution in [2.24, 2.45) is 0 Å². The van der Waals surface area contributed by atoms with Crippen LogP contribution in [-0.2, 0) is 13.1 Å². The summed E-state index contributed by atoms with van der Waals surface area (Å²) in [5.74, 6) is -2.98. The molecule has 2 N–H and O–H groups in total. The molecule has 0 saturated heterocycles. The SMILES string of the molecule is O=C(NCc1cn2cc(CNC3CCC(F)(F)CC3)ccc2n1)c1cc(=O)n2ccccc2n1. The molecule has 0 aromatic carbocycles. The van der Waals surface area contributed by atoms with E-state index in [1.165, 1.54) is 10.5 Å². The van der Waals surface area contributed by atoms with Crippen LogP contribution in [0.5, 0.6) is 0 Å². The zero-order valence-corrected chi connectivity index (χ0v) is 18.4. The molecule has 0 radical (unpaired) electrons. The molecule has 0 spiro atoms. The largest absolute Gasteiger partial charge is 0.345 e. The Morgan fingerprint density at radius 2 is 1.88 bits per heavy atom. The maximum Gasteiger partial charge on any atom is 0.270 e. The van der Waals surface area contributed by atoms with Crippen LogP contribution in [-0.4, -0.2) is 36.6 Å². The fourth-order valence-corrected chi connectivity index (χ4v) is 4.22. The smallest absolute Gasteiger partial charge is 0.270 e. The third-order valence-electron chi connectivity index (χ3n) is 6.11. The average molecular weight is 466 g/mol. The van der Waals surface area contributed by atoms with Crippen LogP contribution < -0.4 is 16.2 Å². The van der Waals surface area contributed by atoms with Crippen molar-refractivity contribution in [2.75, 3.05) is 0 Å². The van der Waals surface area contributed by atoms with Crippen LogP contribution >= 0.6 is 0 Å². The molecule has 1 fully saturated rings. The van der Waals surface area contributed by atoms with Crippen molar-refractivity contribution in [1.29, 1.82) is 0 Å². The molecule has 1 aliphatic rings. The maximum atomic E-state index is 13.3. The van der Waals surface area contributed by atoms with Gasteiger partial charge in [0.15, 0.2) is 0 Å². The lowest BCUT2D eigenvalue weighted by Gasteiger charge is -2.28. The molecule has 0 unspecified atom stereocenters. The summed E-state index contributed by atoms with van der Waals surface area (Å²) in [6, 6.07) is 10.3. The molecule has 10 heteroatoms. The number of pyridine rings is 2. The topological polar surface area (TPSA) is 92.8 Å². The zero-order chi connectivity index (χ0) is 23.7. The van der Waals surface area contributed by atoms with Gasteiger partial charge in [0.05, 0.1) is 12.2 Å². The summed E-state index contributed by atoms with van der Waals surface area (Å²) in [6.45, 7) is 0.764. The van der Waals surface area contributed by atoms with Crippen LogP contribution in [0.2, 0.25) is 0 Å². The molecule has 1 amide bonds. The highest BCUT2D eigenvalue weighted by Crippen LogP contribution is 2.33. The first kappa shape index (κ1) is 22.1.